The fourth-order valence-electron chi connectivity index (χ4n) is 1.97. The van der Waals surface area contributed by atoms with E-state index in [1.165, 1.54) is 18.2 Å². The summed E-state index contributed by atoms with van der Waals surface area (Å²) in [5.41, 5.74) is 2.19. The van der Waals surface area contributed by atoms with Gasteiger partial charge in [0.05, 0.1) is 11.6 Å². The molecule has 0 saturated carbocycles. The first kappa shape index (κ1) is 15.4. The maximum absolute atomic E-state index is 11.6. The molecule has 0 unspecified atom stereocenters. The minimum absolute atomic E-state index is 0.0917. The summed E-state index contributed by atoms with van der Waals surface area (Å²) in [5, 5.41) is 8.85. The van der Waals surface area contributed by atoms with Crippen molar-refractivity contribution in [1.82, 2.24) is 0 Å². The molecule has 108 valence electrons. The minimum Gasteiger partial charge on any atom is -0.456 e. The molecule has 2 rings (SSSR count). The number of ether oxygens (including phenoxy) is 1. The number of nitriles is 1. The van der Waals surface area contributed by atoms with Gasteiger partial charge >= 0.3 is 0 Å². The lowest BCUT2D eigenvalue weighted by Gasteiger charge is -2.11. The Labute approximate surface area is 128 Å². The van der Waals surface area contributed by atoms with Crippen molar-refractivity contribution in [2.24, 2.45) is 0 Å². The van der Waals surface area contributed by atoms with Crippen molar-refractivity contribution in [2.45, 2.75) is 18.7 Å². The van der Waals surface area contributed by atoms with Crippen molar-refractivity contribution < 1.29 is 13.2 Å². The van der Waals surface area contributed by atoms with Gasteiger partial charge in [-0.1, -0.05) is 6.07 Å². The van der Waals surface area contributed by atoms with Crippen molar-refractivity contribution in [3.63, 3.8) is 0 Å². The Hall–Kier alpha value is -2.03. The van der Waals surface area contributed by atoms with Crippen LogP contribution in [-0.2, 0) is 9.05 Å². The van der Waals surface area contributed by atoms with Gasteiger partial charge in [0.25, 0.3) is 9.05 Å². The molecule has 0 bridgehead atoms. The second-order valence-corrected chi connectivity index (χ2v) is 7.17. The van der Waals surface area contributed by atoms with Crippen LogP contribution in [0.5, 0.6) is 11.5 Å². The second kappa shape index (κ2) is 5.76. The molecule has 0 amide bonds. The van der Waals surface area contributed by atoms with Crippen LogP contribution in [0, 0.1) is 25.2 Å². The largest absolute Gasteiger partial charge is 0.456 e. The summed E-state index contributed by atoms with van der Waals surface area (Å²) in [5.74, 6) is 0.604. The van der Waals surface area contributed by atoms with Gasteiger partial charge in [0.1, 0.15) is 16.4 Å². The highest BCUT2D eigenvalue weighted by Gasteiger charge is 2.18. The highest BCUT2D eigenvalue weighted by Crippen LogP contribution is 2.32. The van der Waals surface area contributed by atoms with Crippen molar-refractivity contribution in [3.8, 4) is 17.6 Å². The Bertz CT molecular complexity index is 818. The average molecular weight is 322 g/mol. The summed E-state index contributed by atoms with van der Waals surface area (Å²) in [4.78, 5) is -0.220. The van der Waals surface area contributed by atoms with Gasteiger partial charge in [-0.3, -0.25) is 0 Å². The van der Waals surface area contributed by atoms with Gasteiger partial charge in [0.2, 0.25) is 0 Å². The van der Waals surface area contributed by atoms with Crippen LogP contribution >= 0.6 is 10.7 Å². The Morgan fingerprint density at radius 1 is 1.10 bits per heavy atom. The van der Waals surface area contributed by atoms with Crippen molar-refractivity contribution in [1.29, 1.82) is 5.26 Å². The second-order valence-electron chi connectivity index (χ2n) is 4.64. The summed E-state index contributed by atoms with van der Waals surface area (Å²) >= 11 is 0. The fourth-order valence-corrected chi connectivity index (χ4v) is 2.95. The van der Waals surface area contributed by atoms with Gasteiger partial charge in [0, 0.05) is 10.7 Å². The molecule has 0 spiro atoms. The van der Waals surface area contributed by atoms with E-state index in [-0.39, 0.29) is 16.2 Å². The Morgan fingerprint density at radius 2 is 1.71 bits per heavy atom. The molecule has 2 aromatic carbocycles. The molecule has 0 aliphatic carbocycles. The number of halogens is 1. The lowest BCUT2D eigenvalue weighted by molar-refractivity contribution is 0.467. The van der Waals surface area contributed by atoms with E-state index in [4.69, 9.17) is 20.7 Å². The van der Waals surface area contributed by atoms with E-state index in [0.29, 0.717) is 5.75 Å². The zero-order chi connectivity index (χ0) is 15.6. The molecule has 0 radical (unpaired) electrons. The lowest BCUT2D eigenvalue weighted by atomic mass is 10.1. The van der Waals surface area contributed by atoms with E-state index in [1.807, 2.05) is 26.0 Å². The number of hydrogen-bond acceptors (Lipinski definition) is 4. The zero-order valence-corrected chi connectivity index (χ0v) is 13.0. The number of rotatable bonds is 3. The highest BCUT2D eigenvalue weighted by molar-refractivity contribution is 8.13. The fraction of sp³-hybridized carbons (Fsp3) is 0.133. The first-order chi connectivity index (χ1) is 9.79. The molecule has 0 atom stereocenters. The minimum atomic E-state index is -4.01. The van der Waals surface area contributed by atoms with Crippen LogP contribution in [0.3, 0.4) is 0 Å². The third-order valence-corrected chi connectivity index (χ3v) is 4.10. The average Bonchev–Trinajstić information content (AvgIpc) is 2.36. The van der Waals surface area contributed by atoms with Crippen molar-refractivity contribution in [2.75, 3.05) is 0 Å². The van der Waals surface area contributed by atoms with E-state index in [2.05, 4.69) is 0 Å². The topological polar surface area (TPSA) is 67.2 Å². The normalized spacial score (nSPS) is 11.0. The summed E-state index contributed by atoms with van der Waals surface area (Å²) in [7, 11) is 1.39. The molecule has 0 aromatic heterocycles. The van der Waals surface area contributed by atoms with Crippen LogP contribution in [0.25, 0.3) is 0 Å². The molecule has 0 aliphatic heterocycles. The molecule has 21 heavy (non-hydrogen) atoms. The number of nitrogens with zero attached hydrogens (tertiary/aromatic N) is 1. The van der Waals surface area contributed by atoms with E-state index in [1.54, 1.807) is 12.1 Å². The molecule has 4 nitrogen and oxygen atoms in total. The number of aryl methyl sites for hydroxylation is 2. The molecule has 0 saturated heterocycles. The standard InChI is InChI=1S/C15H12ClNO3S/c1-10-5-11(2)7-13(6-10)20-14-4-3-12(9-17)8-15(14)21(16,18)19/h3-8H,1-2H3. The first-order valence-electron chi connectivity index (χ1n) is 6.04. The van der Waals surface area contributed by atoms with Gasteiger partial charge in [-0.05, 0) is 55.3 Å². The van der Waals surface area contributed by atoms with Gasteiger partial charge in [0.15, 0.2) is 0 Å². The SMILES string of the molecule is Cc1cc(C)cc(Oc2ccc(C#N)cc2S(=O)(=O)Cl)c1. The van der Waals surface area contributed by atoms with Crippen LogP contribution in [0.4, 0.5) is 0 Å². The third-order valence-electron chi connectivity index (χ3n) is 2.76. The summed E-state index contributed by atoms with van der Waals surface area (Å²) in [6, 6.07) is 11.5. The molecular weight excluding hydrogens is 310 g/mol. The van der Waals surface area contributed by atoms with Gasteiger partial charge in [-0.2, -0.15) is 5.26 Å². The number of benzene rings is 2. The van der Waals surface area contributed by atoms with E-state index in [0.717, 1.165) is 11.1 Å². The van der Waals surface area contributed by atoms with E-state index < -0.39 is 9.05 Å². The van der Waals surface area contributed by atoms with Crippen LogP contribution in [0.2, 0.25) is 0 Å². The third kappa shape index (κ3) is 3.75. The maximum atomic E-state index is 11.6. The predicted molar refractivity (Wildman–Crippen MR) is 80.2 cm³/mol. The summed E-state index contributed by atoms with van der Waals surface area (Å²) in [6.07, 6.45) is 0. The Morgan fingerprint density at radius 3 is 2.24 bits per heavy atom. The van der Waals surface area contributed by atoms with E-state index in [9.17, 15) is 8.42 Å². The smallest absolute Gasteiger partial charge is 0.265 e. The number of hydrogen-bond donors (Lipinski definition) is 0. The lowest BCUT2D eigenvalue weighted by Crippen LogP contribution is -1.97. The molecule has 2 aromatic rings. The zero-order valence-electron chi connectivity index (χ0n) is 11.4. The highest BCUT2D eigenvalue weighted by atomic mass is 35.7. The maximum Gasteiger partial charge on any atom is 0.265 e. The Kier molecular flexibility index (Phi) is 4.21. The van der Waals surface area contributed by atoms with Crippen LogP contribution in [0.15, 0.2) is 41.3 Å². The van der Waals surface area contributed by atoms with Crippen molar-refractivity contribution in [3.05, 3.63) is 53.1 Å². The molecule has 0 N–H and O–H groups in total. The first-order valence-corrected chi connectivity index (χ1v) is 8.35. The summed E-state index contributed by atoms with van der Waals surface area (Å²) in [6.45, 7) is 3.83. The van der Waals surface area contributed by atoms with Gasteiger partial charge in [-0.25, -0.2) is 8.42 Å². The van der Waals surface area contributed by atoms with Crippen LogP contribution in [-0.4, -0.2) is 8.42 Å². The van der Waals surface area contributed by atoms with Crippen LogP contribution < -0.4 is 4.74 Å². The summed E-state index contributed by atoms with van der Waals surface area (Å²) < 4.78 is 28.9. The molecule has 6 heteroatoms. The van der Waals surface area contributed by atoms with Crippen LogP contribution in [0.1, 0.15) is 16.7 Å². The Balaban J connectivity index is 2.52. The molecule has 0 fully saturated rings. The van der Waals surface area contributed by atoms with Gasteiger partial charge < -0.3 is 4.74 Å². The quantitative estimate of drug-likeness (QED) is 0.804. The predicted octanol–water partition coefficient (Wildman–Crippen LogP) is 3.89. The van der Waals surface area contributed by atoms with E-state index >= 15 is 0 Å². The molecule has 0 heterocycles. The van der Waals surface area contributed by atoms with Crippen molar-refractivity contribution >= 4 is 19.7 Å². The molecular formula is C15H12ClNO3S. The molecule has 0 aliphatic rings. The monoisotopic (exact) mass is 321 g/mol. The van der Waals surface area contributed by atoms with Gasteiger partial charge in [-0.15, -0.1) is 0 Å².